The first-order valence-corrected chi connectivity index (χ1v) is 7.65. The van der Waals surface area contributed by atoms with E-state index in [1.807, 2.05) is 24.3 Å². The van der Waals surface area contributed by atoms with Crippen molar-refractivity contribution < 1.29 is 9.90 Å². The molecule has 0 aliphatic carbocycles. The van der Waals surface area contributed by atoms with Crippen molar-refractivity contribution in [2.45, 2.75) is 20.8 Å². The van der Waals surface area contributed by atoms with E-state index in [4.69, 9.17) is 0 Å². The summed E-state index contributed by atoms with van der Waals surface area (Å²) in [5.74, 6) is -0.955. The zero-order valence-corrected chi connectivity index (χ0v) is 13.2. The maximum atomic E-state index is 11.2. The first kappa shape index (κ1) is 15.3. The van der Waals surface area contributed by atoms with Crippen molar-refractivity contribution in [3.05, 3.63) is 35.5 Å². The average molecular weight is 305 g/mol. The van der Waals surface area contributed by atoms with E-state index in [9.17, 15) is 9.90 Å². The van der Waals surface area contributed by atoms with Crippen LogP contribution in [0.2, 0.25) is 0 Å². The Morgan fingerprint density at radius 1 is 1.29 bits per heavy atom. The number of carboxylic acids is 1. The van der Waals surface area contributed by atoms with E-state index in [1.165, 1.54) is 11.5 Å². The van der Waals surface area contributed by atoms with E-state index < -0.39 is 5.97 Å². The van der Waals surface area contributed by atoms with Gasteiger partial charge in [0.2, 0.25) is 0 Å². The fourth-order valence-electron chi connectivity index (χ4n) is 2.18. The molecule has 2 rings (SSSR count). The summed E-state index contributed by atoms with van der Waals surface area (Å²) < 4.78 is 4.10. The third-order valence-corrected chi connectivity index (χ3v) is 4.18. The van der Waals surface area contributed by atoms with Crippen molar-refractivity contribution in [1.29, 1.82) is 0 Å². The molecule has 6 heteroatoms. The number of rotatable bonds is 6. The lowest BCUT2D eigenvalue weighted by Gasteiger charge is -2.21. The molecule has 0 bridgehead atoms. The SMILES string of the molecule is CCN(CC)c1ccc(Nc2snc(C)c2C(=O)O)cc1. The quantitative estimate of drug-likeness (QED) is 0.851. The highest BCUT2D eigenvalue weighted by molar-refractivity contribution is 7.10. The molecule has 0 fully saturated rings. The Bertz CT molecular complexity index is 618. The minimum absolute atomic E-state index is 0.243. The summed E-state index contributed by atoms with van der Waals surface area (Å²) in [5.41, 5.74) is 2.80. The lowest BCUT2D eigenvalue weighted by atomic mass is 10.2. The third kappa shape index (κ3) is 3.33. The molecule has 0 atom stereocenters. The van der Waals surface area contributed by atoms with Gasteiger partial charge in [0.25, 0.3) is 0 Å². The maximum absolute atomic E-state index is 11.2. The minimum atomic E-state index is -0.955. The van der Waals surface area contributed by atoms with Gasteiger partial charge in [0.1, 0.15) is 10.6 Å². The summed E-state index contributed by atoms with van der Waals surface area (Å²) in [7, 11) is 0. The maximum Gasteiger partial charge on any atom is 0.340 e. The summed E-state index contributed by atoms with van der Waals surface area (Å²) in [6.07, 6.45) is 0. The van der Waals surface area contributed by atoms with E-state index in [2.05, 4.69) is 28.4 Å². The molecular weight excluding hydrogens is 286 g/mol. The Morgan fingerprint density at radius 3 is 2.43 bits per heavy atom. The van der Waals surface area contributed by atoms with Crippen LogP contribution in [0.15, 0.2) is 24.3 Å². The topological polar surface area (TPSA) is 65.5 Å². The van der Waals surface area contributed by atoms with Crippen LogP contribution in [0.1, 0.15) is 29.9 Å². The summed E-state index contributed by atoms with van der Waals surface area (Å²) in [5, 5.41) is 12.9. The smallest absolute Gasteiger partial charge is 0.340 e. The van der Waals surface area contributed by atoms with Gasteiger partial charge in [-0.2, -0.15) is 4.37 Å². The summed E-state index contributed by atoms with van der Waals surface area (Å²) >= 11 is 1.17. The van der Waals surface area contributed by atoms with Crippen LogP contribution < -0.4 is 10.2 Å². The second-order valence-corrected chi connectivity index (χ2v) is 5.39. The summed E-state index contributed by atoms with van der Waals surface area (Å²) in [4.78, 5) is 13.5. The Hall–Kier alpha value is -2.08. The predicted molar refractivity (Wildman–Crippen MR) is 87.1 cm³/mol. The number of benzene rings is 1. The van der Waals surface area contributed by atoms with E-state index in [1.54, 1.807) is 6.92 Å². The molecule has 0 spiro atoms. The number of nitrogens with zero attached hydrogens (tertiary/aromatic N) is 2. The highest BCUT2D eigenvalue weighted by Gasteiger charge is 2.17. The van der Waals surface area contributed by atoms with E-state index in [-0.39, 0.29) is 5.56 Å². The standard InChI is InChI=1S/C15H19N3O2S/c1-4-18(5-2)12-8-6-11(7-9-12)16-14-13(15(19)20)10(3)17-21-14/h6-9,16H,4-5H2,1-3H3,(H,19,20). The number of aromatic carboxylic acids is 1. The molecule has 0 aliphatic heterocycles. The molecule has 1 heterocycles. The van der Waals surface area contributed by atoms with E-state index in [0.717, 1.165) is 24.5 Å². The van der Waals surface area contributed by atoms with Gasteiger partial charge in [-0.3, -0.25) is 0 Å². The zero-order valence-electron chi connectivity index (χ0n) is 12.4. The first-order valence-electron chi connectivity index (χ1n) is 6.88. The molecule has 2 N–H and O–H groups in total. The summed E-state index contributed by atoms with van der Waals surface area (Å²) in [6, 6.07) is 7.97. The molecule has 5 nitrogen and oxygen atoms in total. The van der Waals surface area contributed by atoms with Crippen LogP contribution in [-0.4, -0.2) is 28.5 Å². The Labute approximate surface area is 128 Å². The molecule has 0 aliphatic rings. The number of anilines is 3. The predicted octanol–water partition coefficient (Wildman–Crippen LogP) is 3.74. The molecule has 1 aromatic heterocycles. The highest BCUT2D eigenvalue weighted by atomic mass is 32.1. The van der Waals surface area contributed by atoms with Crippen molar-refractivity contribution in [1.82, 2.24) is 4.37 Å². The van der Waals surface area contributed by atoms with Crippen LogP contribution in [0, 0.1) is 6.92 Å². The average Bonchev–Trinajstić information content (AvgIpc) is 2.83. The molecule has 1 aromatic carbocycles. The second kappa shape index (κ2) is 6.58. The first-order chi connectivity index (χ1) is 10.1. The molecule has 0 saturated carbocycles. The van der Waals surface area contributed by atoms with Gasteiger partial charge in [-0.1, -0.05) is 0 Å². The van der Waals surface area contributed by atoms with Crippen molar-refractivity contribution in [2.75, 3.05) is 23.3 Å². The molecule has 0 radical (unpaired) electrons. The van der Waals surface area contributed by atoms with Gasteiger partial charge >= 0.3 is 5.97 Å². The largest absolute Gasteiger partial charge is 0.478 e. The number of nitrogens with one attached hydrogen (secondary N) is 1. The van der Waals surface area contributed by atoms with Gasteiger partial charge in [0, 0.05) is 24.5 Å². The Morgan fingerprint density at radius 2 is 1.90 bits per heavy atom. The highest BCUT2D eigenvalue weighted by Crippen LogP contribution is 2.28. The molecule has 21 heavy (non-hydrogen) atoms. The van der Waals surface area contributed by atoms with E-state index in [0.29, 0.717) is 10.7 Å². The molecule has 0 amide bonds. The van der Waals surface area contributed by atoms with Crippen LogP contribution in [-0.2, 0) is 0 Å². The number of hydrogen-bond acceptors (Lipinski definition) is 5. The van der Waals surface area contributed by atoms with Crippen molar-refractivity contribution in [3.63, 3.8) is 0 Å². The van der Waals surface area contributed by atoms with Gasteiger partial charge in [0.05, 0.1) is 5.69 Å². The third-order valence-electron chi connectivity index (χ3n) is 3.33. The minimum Gasteiger partial charge on any atom is -0.478 e. The second-order valence-electron chi connectivity index (χ2n) is 4.62. The number of aryl methyl sites for hydroxylation is 1. The number of hydrogen-bond donors (Lipinski definition) is 2. The van der Waals surface area contributed by atoms with Crippen LogP contribution in [0.5, 0.6) is 0 Å². The lowest BCUT2D eigenvalue weighted by molar-refractivity contribution is 0.0697. The van der Waals surface area contributed by atoms with Crippen LogP contribution in [0.25, 0.3) is 0 Å². The lowest BCUT2D eigenvalue weighted by Crippen LogP contribution is -2.21. The van der Waals surface area contributed by atoms with Gasteiger partial charge in [-0.25, -0.2) is 4.79 Å². The van der Waals surface area contributed by atoms with Gasteiger partial charge in [0.15, 0.2) is 0 Å². The number of carbonyl (C=O) groups is 1. The van der Waals surface area contributed by atoms with Crippen molar-refractivity contribution >= 4 is 33.9 Å². The van der Waals surface area contributed by atoms with Crippen LogP contribution in [0.4, 0.5) is 16.4 Å². The van der Waals surface area contributed by atoms with Crippen molar-refractivity contribution in [2.24, 2.45) is 0 Å². The van der Waals surface area contributed by atoms with Gasteiger partial charge < -0.3 is 15.3 Å². The monoisotopic (exact) mass is 305 g/mol. The Balaban J connectivity index is 2.19. The number of carboxylic acid groups (broad SMARTS) is 1. The zero-order chi connectivity index (χ0) is 15.4. The fourth-order valence-corrected chi connectivity index (χ4v) is 2.99. The Kier molecular flexibility index (Phi) is 4.80. The van der Waals surface area contributed by atoms with E-state index >= 15 is 0 Å². The van der Waals surface area contributed by atoms with Gasteiger partial charge in [-0.15, -0.1) is 0 Å². The molecule has 0 unspecified atom stereocenters. The van der Waals surface area contributed by atoms with Gasteiger partial charge in [-0.05, 0) is 56.6 Å². The fraction of sp³-hybridized carbons (Fsp3) is 0.333. The molecular formula is C15H19N3O2S. The van der Waals surface area contributed by atoms with Crippen molar-refractivity contribution in [3.8, 4) is 0 Å². The normalized spacial score (nSPS) is 10.4. The molecule has 2 aromatic rings. The summed E-state index contributed by atoms with van der Waals surface area (Å²) in [6.45, 7) is 7.86. The van der Waals surface area contributed by atoms with Crippen LogP contribution >= 0.6 is 11.5 Å². The number of aromatic nitrogens is 1. The molecule has 0 saturated heterocycles. The molecule has 112 valence electrons. The van der Waals surface area contributed by atoms with Crippen LogP contribution in [0.3, 0.4) is 0 Å².